The van der Waals surface area contributed by atoms with E-state index in [0.29, 0.717) is 22.1 Å². The molecule has 0 spiro atoms. The lowest BCUT2D eigenvalue weighted by Crippen LogP contribution is -2.44. The number of aryl methyl sites for hydroxylation is 4. The Labute approximate surface area is 189 Å². The molecule has 3 aromatic rings. The van der Waals surface area contributed by atoms with Crippen molar-refractivity contribution in [2.45, 2.75) is 40.8 Å². The fourth-order valence-electron chi connectivity index (χ4n) is 3.46. The number of anilines is 2. The zero-order chi connectivity index (χ0) is 24.3. The molecule has 0 atom stereocenters. The third-order valence-corrected chi connectivity index (χ3v) is 5.12. The minimum atomic E-state index is -1.24. The van der Waals surface area contributed by atoms with E-state index in [1.807, 2.05) is 39.0 Å². The number of benzene rings is 2. The number of hydrogen-bond acceptors (Lipinski definition) is 4. The lowest BCUT2D eigenvalue weighted by molar-refractivity contribution is -0.117. The molecule has 0 bridgehead atoms. The monoisotopic (exact) mass is 452 g/mol. The Kier molecular flexibility index (Phi) is 6.91. The molecule has 0 saturated carbocycles. The number of aromatic nitrogens is 2. The van der Waals surface area contributed by atoms with Crippen molar-refractivity contribution in [3.63, 3.8) is 0 Å². The van der Waals surface area contributed by atoms with Crippen LogP contribution in [-0.2, 0) is 22.7 Å². The van der Waals surface area contributed by atoms with Crippen molar-refractivity contribution in [3.8, 4) is 0 Å². The summed E-state index contributed by atoms with van der Waals surface area (Å²) in [5, 5.41) is 5.28. The molecule has 172 valence electrons. The summed E-state index contributed by atoms with van der Waals surface area (Å²) in [5.41, 5.74) is 2.53. The molecule has 1 aromatic heterocycles. The third-order valence-electron chi connectivity index (χ3n) is 5.12. The number of halogens is 1. The normalized spacial score (nSPS) is 10.7. The van der Waals surface area contributed by atoms with Gasteiger partial charge < -0.3 is 10.6 Å². The average Bonchev–Trinajstić information content (AvgIpc) is 2.73. The van der Waals surface area contributed by atoms with Crippen molar-refractivity contribution >= 4 is 23.2 Å². The Balaban J connectivity index is 1.80. The summed E-state index contributed by atoms with van der Waals surface area (Å²) < 4.78 is 15.5. The van der Waals surface area contributed by atoms with Gasteiger partial charge in [-0.1, -0.05) is 35.4 Å². The van der Waals surface area contributed by atoms with Gasteiger partial charge in [-0.25, -0.2) is 9.36 Å². The summed E-state index contributed by atoms with van der Waals surface area (Å²) in [5.74, 6) is -2.49. The van der Waals surface area contributed by atoms with Crippen molar-refractivity contribution in [2.24, 2.45) is 0 Å². The lowest BCUT2D eigenvalue weighted by atomic mass is 10.1. The Morgan fingerprint density at radius 3 is 1.79 bits per heavy atom. The van der Waals surface area contributed by atoms with Gasteiger partial charge in [-0.15, -0.1) is 0 Å². The zero-order valence-electron chi connectivity index (χ0n) is 18.9. The second-order valence-electron chi connectivity index (χ2n) is 8.01. The zero-order valence-corrected chi connectivity index (χ0v) is 18.9. The van der Waals surface area contributed by atoms with Gasteiger partial charge in [0.25, 0.3) is 5.56 Å². The van der Waals surface area contributed by atoms with Crippen LogP contribution in [0.25, 0.3) is 0 Å². The minimum Gasteiger partial charge on any atom is -0.324 e. The highest BCUT2D eigenvalue weighted by atomic mass is 19.1. The fraction of sp³-hybridized carbons (Fsp3) is 0.250. The van der Waals surface area contributed by atoms with Gasteiger partial charge in [0.15, 0.2) is 0 Å². The van der Waals surface area contributed by atoms with Crippen molar-refractivity contribution in [1.29, 1.82) is 0 Å². The molecule has 33 heavy (non-hydrogen) atoms. The molecular formula is C24H25FN4O4. The van der Waals surface area contributed by atoms with Gasteiger partial charge in [0.2, 0.25) is 17.6 Å². The summed E-state index contributed by atoms with van der Waals surface area (Å²) >= 11 is 0. The summed E-state index contributed by atoms with van der Waals surface area (Å²) in [7, 11) is 0. The Hall–Kier alpha value is -4.01. The second kappa shape index (κ2) is 9.64. The first-order valence-electron chi connectivity index (χ1n) is 10.3. The van der Waals surface area contributed by atoms with Crippen LogP contribution in [0.3, 0.4) is 0 Å². The van der Waals surface area contributed by atoms with Crippen molar-refractivity contribution in [2.75, 3.05) is 10.6 Å². The molecule has 0 unspecified atom stereocenters. The van der Waals surface area contributed by atoms with Gasteiger partial charge in [-0.2, -0.15) is 4.39 Å². The lowest BCUT2D eigenvalue weighted by Gasteiger charge is -2.13. The molecule has 0 radical (unpaired) electrons. The van der Waals surface area contributed by atoms with Gasteiger partial charge in [-0.3, -0.25) is 19.0 Å². The van der Waals surface area contributed by atoms with Crippen LogP contribution in [0.1, 0.15) is 22.3 Å². The molecule has 9 heteroatoms. The second-order valence-corrected chi connectivity index (χ2v) is 8.01. The first-order chi connectivity index (χ1) is 15.5. The first kappa shape index (κ1) is 23.6. The number of nitrogens with one attached hydrogen (secondary N) is 2. The summed E-state index contributed by atoms with van der Waals surface area (Å²) in [6.45, 7) is 6.23. The van der Waals surface area contributed by atoms with Crippen LogP contribution in [0.2, 0.25) is 0 Å². The number of carbonyl (C=O) groups excluding carboxylic acids is 2. The van der Waals surface area contributed by atoms with Gasteiger partial charge >= 0.3 is 5.69 Å². The largest absolute Gasteiger partial charge is 0.332 e. The molecule has 0 aliphatic heterocycles. The Morgan fingerprint density at radius 2 is 1.30 bits per heavy atom. The van der Waals surface area contributed by atoms with E-state index in [9.17, 15) is 23.6 Å². The maximum Gasteiger partial charge on any atom is 0.332 e. The van der Waals surface area contributed by atoms with Crippen LogP contribution < -0.4 is 21.9 Å². The van der Waals surface area contributed by atoms with Crippen LogP contribution in [-0.4, -0.2) is 20.9 Å². The van der Waals surface area contributed by atoms with Crippen LogP contribution in [0.4, 0.5) is 15.8 Å². The van der Waals surface area contributed by atoms with Gasteiger partial charge in [0.05, 0.1) is 6.20 Å². The number of carbonyl (C=O) groups is 2. The highest BCUT2D eigenvalue weighted by Gasteiger charge is 2.17. The molecule has 0 fully saturated rings. The molecule has 2 amide bonds. The van der Waals surface area contributed by atoms with E-state index >= 15 is 0 Å². The average molecular weight is 452 g/mol. The molecule has 3 rings (SSSR count). The predicted octanol–water partition coefficient (Wildman–Crippen LogP) is 2.66. The number of rotatable bonds is 6. The minimum absolute atomic E-state index is 0.471. The Morgan fingerprint density at radius 1 is 0.818 bits per heavy atom. The van der Waals surface area contributed by atoms with Crippen molar-refractivity contribution in [3.05, 3.63) is 91.5 Å². The van der Waals surface area contributed by atoms with Crippen molar-refractivity contribution in [1.82, 2.24) is 9.13 Å². The van der Waals surface area contributed by atoms with E-state index in [1.165, 1.54) is 0 Å². The molecule has 2 aromatic carbocycles. The summed E-state index contributed by atoms with van der Waals surface area (Å²) in [6, 6.07) is 10.8. The van der Waals surface area contributed by atoms with E-state index < -0.39 is 42.0 Å². The quantitative estimate of drug-likeness (QED) is 0.600. The number of amides is 2. The highest BCUT2D eigenvalue weighted by molar-refractivity contribution is 5.92. The summed E-state index contributed by atoms with van der Waals surface area (Å²) in [6.07, 6.45) is 0.671. The summed E-state index contributed by atoms with van der Waals surface area (Å²) in [4.78, 5) is 49.8. The van der Waals surface area contributed by atoms with Crippen molar-refractivity contribution < 1.29 is 14.0 Å². The van der Waals surface area contributed by atoms with E-state index in [-0.39, 0.29) is 0 Å². The van der Waals surface area contributed by atoms with E-state index in [1.54, 1.807) is 25.1 Å². The van der Waals surface area contributed by atoms with Crippen LogP contribution >= 0.6 is 0 Å². The van der Waals surface area contributed by atoms with Crippen LogP contribution in [0.15, 0.2) is 52.2 Å². The number of hydrogen-bond donors (Lipinski definition) is 2. The van der Waals surface area contributed by atoms with E-state index in [0.717, 1.165) is 26.8 Å². The molecule has 8 nitrogen and oxygen atoms in total. The maximum atomic E-state index is 14.2. The predicted molar refractivity (Wildman–Crippen MR) is 124 cm³/mol. The van der Waals surface area contributed by atoms with E-state index in [2.05, 4.69) is 10.6 Å². The van der Waals surface area contributed by atoms with Crippen LogP contribution in [0.5, 0.6) is 0 Å². The smallest absolute Gasteiger partial charge is 0.324 e. The van der Waals surface area contributed by atoms with Gasteiger partial charge in [-0.05, 0) is 51.0 Å². The fourth-order valence-corrected chi connectivity index (χ4v) is 3.46. The van der Waals surface area contributed by atoms with Gasteiger partial charge in [0, 0.05) is 11.4 Å². The Bertz CT molecular complexity index is 1360. The standard InChI is InChI=1S/C24H25FN4O4/c1-14-5-7-19(16(3)9-14)26-21(30)12-28-11-18(25)23(32)29(24(28)33)13-22(31)27-20-8-6-15(2)10-17(20)4/h5-11H,12-13H2,1-4H3,(H,26,30)(H,27,31). The SMILES string of the molecule is Cc1ccc(NC(=O)Cn2cc(F)c(=O)n(CC(=O)Nc3ccc(C)cc3C)c2=O)c(C)c1. The topological polar surface area (TPSA) is 102 Å². The van der Waals surface area contributed by atoms with Gasteiger partial charge in [0.1, 0.15) is 13.1 Å². The highest BCUT2D eigenvalue weighted by Crippen LogP contribution is 2.16. The molecule has 2 N–H and O–H groups in total. The molecule has 0 aliphatic rings. The first-order valence-corrected chi connectivity index (χ1v) is 10.3. The molecule has 1 heterocycles. The molecule has 0 saturated heterocycles. The third kappa shape index (κ3) is 5.62. The molecular weight excluding hydrogens is 427 g/mol. The van der Waals surface area contributed by atoms with E-state index in [4.69, 9.17) is 0 Å². The maximum absolute atomic E-state index is 14.2. The molecule has 0 aliphatic carbocycles. The number of nitrogens with zero attached hydrogens (tertiary/aromatic N) is 2. The van der Waals surface area contributed by atoms with Crippen LogP contribution in [0, 0.1) is 33.5 Å².